The van der Waals surface area contributed by atoms with Gasteiger partial charge in [0.15, 0.2) is 0 Å². The van der Waals surface area contributed by atoms with Crippen LogP contribution in [0.5, 0.6) is 0 Å². The first-order valence-electron chi connectivity index (χ1n) is 9.39. The second-order valence-electron chi connectivity index (χ2n) is 7.75. The van der Waals surface area contributed by atoms with Crippen LogP contribution in [0.15, 0.2) is 0 Å². The normalized spacial score (nSPS) is 33.0. The highest BCUT2D eigenvalue weighted by atomic mass is 16.5. The Morgan fingerprint density at radius 1 is 1.22 bits per heavy atom. The van der Waals surface area contributed by atoms with E-state index in [1.165, 1.54) is 25.8 Å². The monoisotopic (exact) mass is 324 g/mol. The number of nitrogens with zero attached hydrogens (tertiary/aromatic N) is 2. The van der Waals surface area contributed by atoms with E-state index in [0.717, 1.165) is 44.8 Å². The van der Waals surface area contributed by atoms with Crippen molar-refractivity contribution in [2.75, 3.05) is 45.9 Å². The maximum Gasteiger partial charge on any atom is 0.248 e. The highest BCUT2D eigenvalue weighted by molar-refractivity contribution is 5.77. The average molecular weight is 324 g/mol. The molecule has 2 aliphatic heterocycles. The fourth-order valence-corrected chi connectivity index (χ4v) is 4.49. The Hall–Kier alpha value is -0.650. The SMILES string of the molecule is CCOCC(=O)N1CCC[C@@]2(CN(CC3CCC3)CCC2O)C1. The maximum atomic E-state index is 12.3. The van der Waals surface area contributed by atoms with Crippen molar-refractivity contribution in [2.24, 2.45) is 11.3 Å². The molecule has 1 N–H and O–H groups in total. The summed E-state index contributed by atoms with van der Waals surface area (Å²) in [5.41, 5.74) is -0.123. The fraction of sp³-hybridized carbons (Fsp3) is 0.944. The van der Waals surface area contributed by atoms with E-state index >= 15 is 0 Å². The van der Waals surface area contributed by atoms with Crippen LogP contribution in [0.25, 0.3) is 0 Å². The summed E-state index contributed by atoms with van der Waals surface area (Å²) in [6.45, 7) is 7.30. The van der Waals surface area contributed by atoms with Gasteiger partial charge in [-0.2, -0.15) is 0 Å². The van der Waals surface area contributed by atoms with Crippen LogP contribution >= 0.6 is 0 Å². The number of piperidine rings is 2. The van der Waals surface area contributed by atoms with Crippen LogP contribution in [0, 0.1) is 11.3 Å². The highest BCUT2D eigenvalue weighted by Crippen LogP contribution is 2.40. The first kappa shape index (κ1) is 17.2. The molecule has 3 fully saturated rings. The zero-order valence-corrected chi connectivity index (χ0v) is 14.5. The molecule has 1 spiro atoms. The van der Waals surface area contributed by atoms with Gasteiger partial charge >= 0.3 is 0 Å². The van der Waals surface area contributed by atoms with Crippen molar-refractivity contribution in [3.63, 3.8) is 0 Å². The summed E-state index contributed by atoms with van der Waals surface area (Å²) in [5.74, 6) is 0.941. The average Bonchev–Trinajstić information content (AvgIpc) is 2.52. The number of amides is 1. The lowest BCUT2D eigenvalue weighted by Crippen LogP contribution is -2.60. The van der Waals surface area contributed by atoms with E-state index in [1.54, 1.807) is 0 Å². The maximum absolute atomic E-state index is 12.3. The van der Waals surface area contributed by atoms with Gasteiger partial charge in [-0.1, -0.05) is 6.42 Å². The highest BCUT2D eigenvalue weighted by Gasteiger charge is 2.46. The molecule has 0 aromatic carbocycles. The van der Waals surface area contributed by atoms with Gasteiger partial charge in [0.05, 0.1) is 6.10 Å². The third-order valence-corrected chi connectivity index (χ3v) is 6.10. The Kier molecular flexibility index (Phi) is 5.60. The molecule has 0 bridgehead atoms. The van der Waals surface area contributed by atoms with E-state index in [1.807, 2.05) is 11.8 Å². The van der Waals surface area contributed by atoms with Crippen molar-refractivity contribution in [2.45, 2.75) is 51.6 Å². The third-order valence-electron chi connectivity index (χ3n) is 6.10. The number of aliphatic hydroxyl groups excluding tert-OH is 1. The second kappa shape index (κ2) is 7.49. The van der Waals surface area contributed by atoms with Gasteiger partial charge in [-0.25, -0.2) is 0 Å². The quantitative estimate of drug-likeness (QED) is 0.833. The number of hydrogen-bond donors (Lipinski definition) is 1. The van der Waals surface area contributed by atoms with E-state index in [-0.39, 0.29) is 24.0 Å². The summed E-state index contributed by atoms with van der Waals surface area (Å²) in [5, 5.41) is 10.7. The van der Waals surface area contributed by atoms with Gasteiger partial charge in [0.25, 0.3) is 0 Å². The van der Waals surface area contributed by atoms with Gasteiger partial charge in [0.1, 0.15) is 6.61 Å². The Morgan fingerprint density at radius 2 is 2.04 bits per heavy atom. The summed E-state index contributed by atoms with van der Waals surface area (Å²) in [6, 6.07) is 0. The fourth-order valence-electron chi connectivity index (χ4n) is 4.49. The molecule has 23 heavy (non-hydrogen) atoms. The predicted molar refractivity (Wildman–Crippen MR) is 89.1 cm³/mol. The van der Waals surface area contributed by atoms with E-state index in [4.69, 9.17) is 4.74 Å². The minimum Gasteiger partial charge on any atom is -0.392 e. The molecule has 1 aliphatic carbocycles. The first-order valence-corrected chi connectivity index (χ1v) is 9.39. The molecule has 132 valence electrons. The number of aliphatic hydroxyl groups is 1. The molecular weight excluding hydrogens is 292 g/mol. The van der Waals surface area contributed by atoms with Crippen LogP contribution < -0.4 is 0 Å². The molecule has 1 unspecified atom stereocenters. The molecule has 0 aromatic heterocycles. The van der Waals surface area contributed by atoms with Gasteiger partial charge in [0, 0.05) is 44.7 Å². The summed E-state index contributed by atoms with van der Waals surface area (Å²) >= 11 is 0. The summed E-state index contributed by atoms with van der Waals surface area (Å²) in [4.78, 5) is 16.8. The lowest BCUT2D eigenvalue weighted by molar-refractivity contribution is -0.146. The Bertz CT molecular complexity index is 413. The molecule has 5 heteroatoms. The van der Waals surface area contributed by atoms with Gasteiger partial charge in [-0.15, -0.1) is 0 Å². The number of carbonyl (C=O) groups is 1. The van der Waals surface area contributed by atoms with Crippen molar-refractivity contribution in [3.8, 4) is 0 Å². The van der Waals surface area contributed by atoms with E-state index < -0.39 is 0 Å². The summed E-state index contributed by atoms with van der Waals surface area (Å²) in [7, 11) is 0. The van der Waals surface area contributed by atoms with Crippen LogP contribution in [-0.4, -0.2) is 72.9 Å². The van der Waals surface area contributed by atoms with Gasteiger partial charge in [-0.05, 0) is 44.9 Å². The summed E-state index contributed by atoms with van der Waals surface area (Å²) in [6.07, 6.45) is 6.71. The molecule has 3 rings (SSSR count). The van der Waals surface area contributed by atoms with Crippen LogP contribution in [0.4, 0.5) is 0 Å². The minimum atomic E-state index is -0.275. The number of carbonyl (C=O) groups excluding carboxylic acids is 1. The lowest BCUT2D eigenvalue weighted by atomic mass is 9.71. The van der Waals surface area contributed by atoms with E-state index in [2.05, 4.69) is 4.90 Å². The molecule has 2 heterocycles. The predicted octanol–water partition coefficient (Wildman–Crippen LogP) is 1.50. The molecule has 0 aromatic rings. The third kappa shape index (κ3) is 3.89. The van der Waals surface area contributed by atoms with Crippen molar-refractivity contribution >= 4 is 5.91 Å². The molecule has 5 nitrogen and oxygen atoms in total. The molecule has 2 atom stereocenters. The van der Waals surface area contributed by atoms with Gasteiger partial charge in [0.2, 0.25) is 5.91 Å². The van der Waals surface area contributed by atoms with Crippen LogP contribution in [0.3, 0.4) is 0 Å². The molecule has 3 aliphatic rings. The topological polar surface area (TPSA) is 53.0 Å². The molecule has 0 radical (unpaired) electrons. The molecule has 1 saturated carbocycles. The molecule has 1 amide bonds. The van der Waals surface area contributed by atoms with Crippen LogP contribution in [0.1, 0.15) is 45.4 Å². The standard InChI is InChI=1S/C18H32N2O3/c1-2-23-12-17(22)20-9-4-8-18(14-20)13-19(10-7-16(18)21)11-15-5-3-6-15/h15-16,21H,2-14H2,1H3/t16?,18-/m1/s1. The number of hydrogen-bond acceptors (Lipinski definition) is 4. The zero-order valence-electron chi connectivity index (χ0n) is 14.5. The number of rotatable bonds is 5. The van der Waals surface area contributed by atoms with E-state index in [0.29, 0.717) is 13.2 Å². The number of ether oxygens (including phenoxy) is 1. The van der Waals surface area contributed by atoms with Gasteiger partial charge < -0.3 is 19.6 Å². The molecule has 2 saturated heterocycles. The Morgan fingerprint density at radius 3 is 2.74 bits per heavy atom. The van der Waals surface area contributed by atoms with Crippen molar-refractivity contribution in [3.05, 3.63) is 0 Å². The van der Waals surface area contributed by atoms with Crippen LogP contribution in [0.2, 0.25) is 0 Å². The lowest BCUT2D eigenvalue weighted by Gasteiger charge is -2.52. The summed E-state index contributed by atoms with van der Waals surface area (Å²) < 4.78 is 5.28. The zero-order chi connectivity index (χ0) is 16.3. The van der Waals surface area contributed by atoms with Crippen molar-refractivity contribution < 1.29 is 14.6 Å². The van der Waals surface area contributed by atoms with Crippen LogP contribution in [-0.2, 0) is 9.53 Å². The van der Waals surface area contributed by atoms with Gasteiger partial charge in [-0.3, -0.25) is 4.79 Å². The Balaban J connectivity index is 1.61. The van der Waals surface area contributed by atoms with E-state index in [9.17, 15) is 9.90 Å². The Labute approximate surface area is 140 Å². The smallest absolute Gasteiger partial charge is 0.248 e. The second-order valence-corrected chi connectivity index (χ2v) is 7.75. The number of likely N-dealkylation sites (tertiary alicyclic amines) is 2. The van der Waals surface area contributed by atoms with Crippen molar-refractivity contribution in [1.82, 2.24) is 9.80 Å². The first-order chi connectivity index (χ1) is 11.1. The van der Waals surface area contributed by atoms with Crippen molar-refractivity contribution in [1.29, 1.82) is 0 Å². The minimum absolute atomic E-state index is 0.0780. The largest absolute Gasteiger partial charge is 0.392 e. The molecular formula is C18H32N2O3.